The molecule has 0 bridgehead atoms. The third-order valence-electron chi connectivity index (χ3n) is 1.13. The van der Waals surface area contributed by atoms with E-state index in [1.807, 2.05) is 6.92 Å². The molecule has 0 aliphatic rings. The van der Waals surface area contributed by atoms with Gasteiger partial charge in [0.1, 0.15) is 0 Å². The Labute approximate surface area is 67.0 Å². The highest BCUT2D eigenvalue weighted by molar-refractivity contribution is 5.77. The maximum Gasteiger partial charge on any atom is 0.234 e. The zero-order valence-electron chi connectivity index (χ0n) is 7.05. The van der Waals surface area contributed by atoms with Crippen LogP contribution >= 0.6 is 0 Å². The maximum atomic E-state index is 10.8. The van der Waals surface area contributed by atoms with E-state index >= 15 is 0 Å². The molecule has 4 nitrogen and oxygen atoms in total. The number of nitrogens with one attached hydrogen (secondary N) is 2. The van der Waals surface area contributed by atoms with E-state index in [-0.39, 0.29) is 5.91 Å². The molecule has 4 heteroatoms. The van der Waals surface area contributed by atoms with Crippen molar-refractivity contribution >= 4 is 5.91 Å². The summed E-state index contributed by atoms with van der Waals surface area (Å²) in [6, 6.07) is 0. The Morgan fingerprint density at radius 2 is 2.27 bits per heavy atom. The van der Waals surface area contributed by atoms with Gasteiger partial charge in [-0.25, -0.2) is 0 Å². The van der Waals surface area contributed by atoms with Gasteiger partial charge in [0.15, 0.2) is 0 Å². The number of hydrogen-bond donors (Lipinski definition) is 3. The largest absolute Gasteiger partial charge is 0.392 e. The van der Waals surface area contributed by atoms with Crippen molar-refractivity contribution in [2.24, 2.45) is 0 Å². The summed E-state index contributed by atoms with van der Waals surface area (Å²) in [5.41, 5.74) is 0. The summed E-state index contributed by atoms with van der Waals surface area (Å²) in [4.78, 5) is 10.8. The van der Waals surface area contributed by atoms with Crippen LogP contribution in [-0.4, -0.2) is 36.8 Å². The van der Waals surface area contributed by atoms with Gasteiger partial charge in [-0.3, -0.25) is 4.79 Å². The fraction of sp³-hybridized carbons (Fsp3) is 0.857. The van der Waals surface area contributed by atoms with Crippen LogP contribution in [0.2, 0.25) is 0 Å². The van der Waals surface area contributed by atoms with Gasteiger partial charge in [0.05, 0.1) is 12.6 Å². The molecule has 0 aromatic heterocycles. The molecular weight excluding hydrogens is 144 g/mol. The lowest BCUT2D eigenvalue weighted by atomic mass is 10.4. The lowest BCUT2D eigenvalue weighted by molar-refractivity contribution is -0.120. The van der Waals surface area contributed by atoms with E-state index in [0.29, 0.717) is 13.1 Å². The zero-order valence-corrected chi connectivity index (χ0v) is 7.05. The molecule has 0 radical (unpaired) electrons. The van der Waals surface area contributed by atoms with Crippen LogP contribution in [0, 0.1) is 0 Å². The number of carbonyl (C=O) groups is 1. The van der Waals surface area contributed by atoms with Gasteiger partial charge >= 0.3 is 0 Å². The fourth-order valence-corrected chi connectivity index (χ4v) is 0.563. The third-order valence-corrected chi connectivity index (χ3v) is 1.13. The van der Waals surface area contributed by atoms with Crippen molar-refractivity contribution in [1.82, 2.24) is 10.6 Å². The normalized spacial score (nSPS) is 12.6. The van der Waals surface area contributed by atoms with Crippen molar-refractivity contribution < 1.29 is 9.90 Å². The highest BCUT2D eigenvalue weighted by atomic mass is 16.3. The molecule has 0 fully saturated rings. The Bertz CT molecular complexity index is 115. The molecule has 66 valence electrons. The minimum Gasteiger partial charge on any atom is -0.392 e. The maximum absolute atomic E-state index is 10.8. The predicted octanol–water partition coefficient (Wildman–Crippen LogP) is -0.907. The van der Waals surface area contributed by atoms with Crippen LogP contribution in [0.25, 0.3) is 0 Å². The minimum atomic E-state index is -0.472. The predicted molar refractivity (Wildman–Crippen MR) is 43.2 cm³/mol. The van der Waals surface area contributed by atoms with E-state index < -0.39 is 6.10 Å². The van der Waals surface area contributed by atoms with Crippen molar-refractivity contribution in [3.63, 3.8) is 0 Å². The van der Waals surface area contributed by atoms with E-state index in [1.54, 1.807) is 6.92 Å². The first-order valence-corrected chi connectivity index (χ1v) is 3.82. The van der Waals surface area contributed by atoms with E-state index in [9.17, 15) is 4.79 Å². The van der Waals surface area contributed by atoms with Gasteiger partial charge in [0, 0.05) is 6.54 Å². The monoisotopic (exact) mass is 160 g/mol. The Morgan fingerprint density at radius 3 is 2.73 bits per heavy atom. The molecule has 0 saturated heterocycles. The first-order chi connectivity index (χ1) is 5.16. The molecule has 1 atom stereocenters. The topological polar surface area (TPSA) is 61.4 Å². The Morgan fingerprint density at radius 1 is 1.64 bits per heavy atom. The molecule has 0 aliphatic heterocycles. The summed E-state index contributed by atoms with van der Waals surface area (Å²) in [6.07, 6.45) is -0.472. The molecule has 1 amide bonds. The van der Waals surface area contributed by atoms with Gasteiger partial charge in [0.25, 0.3) is 0 Å². The number of aliphatic hydroxyl groups is 1. The molecule has 11 heavy (non-hydrogen) atoms. The number of carbonyl (C=O) groups excluding carboxylic acids is 1. The van der Waals surface area contributed by atoms with E-state index in [4.69, 9.17) is 5.11 Å². The molecule has 0 aliphatic carbocycles. The van der Waals surface area contributed by atoms with Crippen molar-refractivity contribution in [2.75, 3.05) is 19.6 Å². The molecule has 0 rings (SSSR count). The Balaban J connectivity index is 3.23. The second-order valence-electron chi connectivity index (χ2n) is 2.43. The molecule has 3 N–H and O–H groups in total. The highest BCUT2D eigenvalue weighted by Crippen LogP contribution is 1.74. The molecular formula is C7H16N2O2. The molecule has 0 aromatic rings. The van der Waals surface area contributed by atoms with Crippen LogP contribution in [-0.2, 0) is 4.79 Å². The Hall–Kier alpha value is -0.610. The number of hydrogen-bond acceptors (Lipinski definition) is 3. The van der Waals surface area contributed by atoms with Crippen LogP contribution in [0.3, 0.4) is 0 Å². The lowest BCUT2D eigenvalue weighted by Gasteiger charge is -2.06. The second kappa shape index (κ2) is 6.12. The first-order valence-electron chi connectivity index (χ1n) is 3.82. The Kier molecular flexibility index (Phi) is 5.78. The molecule has 0 heterocycles. The van der Waals surface area contributed by atoms with Crippen molar-refractivity contribution in [1.29, 1.82) is 0 Å². The number of aliphatic hydroxyl groups excluding tert-OH is 1. The van der Waals surface area contributed by atoms with Crippen LogP contribution < -0.4 is 10.6 Å². The molecule has 0 unspecified atom stereocenters. The SMILES string of the molecule is CCNCC(=O)NC[C@H](C)O. The fourth-order valence-electron chi connectivity index (χ4n) is 0.563. The summed E-state index contributed by atoms with van der Waals surface area (Å²) < 4.78 is 0. The molecule has 0 aromatic carbocycles. The van der Waals surface area contributed by atoms with Gasteiger partial charge in [-0.2, -0.15) is 0 Å². The van der Waals surface area contributed by atoms with Crippen LogP contribution in [0.15, 0.2) is 0 Å². The zero-order chi connectivity index (χ0) is 8.69. The van der Waals surface area contributed by atoms with Crippen molar-refractivity contribution in [3.8, 4) is 0 Å². The van der Waals surface area contributed by atoms with Crippen molar-refractivity contribution in [2.45, 2.75) is 20.0 Å². The second-order valence-corrected chi connectivity index (χ2v) is 2.43. The number of likely N-dealkylation sites (N-methyl/N-ethyl adjacent to an activating group) is 1. The number of rotatable bonds is 5. The minimum absolute atomic E-state index is 0.0762. The molecule has 0 saturated carbocycles. The summed E-state index contributed by atoms with van der Waals surface area (Å²) in [5, 5.41) is 14.2. The highest BCUT2D eigenvalue weighted by Gasteiger charge is 2.00. The van der Waals surface area contributed by atoms with E-state index in [1.165, 1.54) is 0 Å². The van der Waals surface area contributed by atoms with Crippen molar-refractivity contribution in [3.05, 3.63) is 0 Å². The number of amides is 1. The summed E-state index contributed by atoms with van der Waals surface area (Å²) in [7, 11) is 0. The standard InChI is InChI=1S/C7H16N2O2/c1-3-8-5-7(11)9-4-6(2)10/h6,8,10H,3-5H2,1-2H3,(H,9,11)/t6-/m0/s1. The lowest BCUT2D eigenvalue weighted by Crippen LogP contribution is -2.37. The van der Waals surface area contributed by atoms with Crippen LogP contribution in [0.5, 0.6) is 0 Å². The average Bonchev–Trinajstić information content (AvgIpc) is 1.97. The van der Waals surface area contributed by atoms with Gasteiger partial charge in [0.2, 0.25) is 5.91 Å². The average molecular weight is 160 g/mol. The summed E-state index contributed by atoms with van der Waals surface area (Å²) in [6.45, 7) is 4.99. The summed E-state index contributed by atoms with van der Waals surface area (Å²) >= 11 is 0. The first kappa shape index (κ1) is 10.4. The van der Waals surface area contributed by atoms with Gasteiger partial charge in [-0.05, 0) is 13.5 Å². The van der Waals surface area contributed by atoms with Gasteiger partial charge < -0.3 is 15.7 Å². The quantitative estimate of drug-likeness (QED) is 0.488. The van der Waals surface area contributed by atoms with Crippen LogP contribution in [0.1, 0.15) is 13.8 Å². The smallest absolute Gasteiger partial charge is 0.234 e. The van der Waals surface area contributed by atoms with E-state index in [2.05, 4.69) is 10.6 Å². The summed E-state index contributed by atoms with van der Waals surface area (Å²) in [5.74, 6) is -0.0762. The van der Waals surface area contributed by atoms with Gasteiger partial charge in [-0.1, -0.05) is 6.92 Å². The molecule has 0 spiro atoms. The van der Waals surface area contributed by atoms with E-state index in [0.717, 1.165) is 6.54 Å². The third kappa shape index (κ3) is 7.29. The van der Waals surface area contributed by atoms with Gasteiger partial charge in [-0.15, -0.1) is 0 Å². The van der Waals surface area contributed by atoms with Crippen LogP contribution in [0.4, 0.5) is 0 Å².